The predicted molar refractivity (Wildman–Crippen MR) is 90.5 cm³/mol. The van der Waals surface area contributed by atoms with Crippen LogP contribution in [-0.2, 0) is 18.4 Å². The van der Waals surface area contributed by atoms with Crippen molar-refractivity contribution in [2.45, 2.75) is 19.4 Å². The third kappa shape index (κ3) is 3.79. The van der Waals surface area contributed by atoms with Gasteiger partial charge in [0, 0.05) is 45.1 Å². The molecule has 1 fully saturated rings. The van der Waals surface area contributed by atoms with E-state index >= 15 is 0 Å². The number of amides is 1. The van der Waals surface area contributed by atoms with Gasteiger partial charge in [-0.05, 0) is 30.5 Å². The largest absolute Gasteiger partial charge is 0.369 e. The van der Waals surface area contributed by atoms with Crippen molar-refractivity contribution in [1.82, 2.24) is 20.1 Å². The number of anilines is 1. The molecule has 0 bridgehead atoms. The summed E-state index contributed by atoms with van der Waals surface area (Å²) in [6, 6.07) is 5.35. The molecule has 1 saturated heterocycles. The predicted octanol–water partition coefficient (Wildman–Crippen LogP) is 0.708. The molecule has 1 atom stereocenters. The summed E-state index contributed by atoms with van der Waals surface area (Å²) in [5.74, 6) is -0.0297. The second-order valence-electron chi connectivity index (χ2n) is 6.03. The van der Waals surface area contributed by atoms with E-state index in [1.54, 1.807) is 31.7 Å². The van der Waals surface area contributed by atoms with Gasteiger partial charge >= 0.3 is 0 Å². The van der Waals surface area contributed by atoms with Crippen molar-refractivity contribution in [2.24, 2.45) is 13.0 Å². The Morgan fingerprint density at radius 1 is 1.38 bits per heavy atom. The highest BCUT2D eigenvalue weighted by Crippen LogP contribution is 2.21. The molecule has 1 N–H and O–H groups in total. The van der Waals surface area contributed by atoms with Crippen molar-refractivity contribution in [1.29, 1.82) is 0 Å². The minimum Gasteiger partial charge on any atom is -0.369 e. The van der Waals surface area contributed by atoms with Crippen LogP contribution >= 0.6 is 0 Å². The lowest BCUT2D eigenvalue weighted by atomic mass is 9.96. The van der Waals surface area contributed by atoms with Gasteiger partial charge in [-0.3, -0.25) is 14.6 Å². The Bertz CT molecular complexity index is 759. The van der Waals surface area contributed by atoms with Crippen LogP contribution in [0.1, 0.15) is 18.4 Å². The fourth-order valence-corrected chi connectivity index (χ4v) is 2.89. The summed E-state index contributed by atoms with van der Waals surface area (Å²) in [4.78, 5) is 30.2. The van der Waals surface area contributed by atoms with Crippen molar-refractivity contribution < 1.29 is 4.79 Å². The third-order valence-electron chi connectivity index (χ3n) is 4.33. The maximum atomic E-state index is 12.4. The standard InChI is InChI=1S/C17H21N5O2/c1-21-16(23)9-15(11-20-21)22-8-2-3-14(12-22)17(24)19-10-13-4-6-18-7-5-13/h4-7,9,11,14H,2-3,8,10,12H2,1H3,(H,19,24)/t14-/m0/s1. The normalized spacial score (nSPS) is 17.5. The van der Waals surface area contributed by atoms with Crippen LogP contribution in [0.3, 0.4) is 0 Å². The minimum atomic E-state index is -0.142. The lowest BCUT2D eigenvalue weighted by Gasteiger charge is -2.33. The number of piperidine rings is 1. The lowest BCUT2D eigenvalue weighted by molar-refractivity contribution is -0.125. The van der Waals surface area contributed by atoms with Crippen LogP contribution in [0.5, 0.6) is 0 Å². The smallest absolute Gasteiger partial charge is 0.268 e. The van der Waals surface area contributed by atoms with Crippen LogP contribution in [0, 0.1) is 5.92 Å². The van der Waals surface area contributed by atoms with E-state index in [9.17, 15) is 9.59 Å². The Labute approximate surface area is 140 Å². The fourth-order valence-electron chi connectivity index (χ4n) is 2.89. The van der Waals surface area contributed by atoms with Gasteiger partial charge in [-0.2, -0.15) is 5.10 Å². The molecule has 7 heteroatoms. The highest BCUT2D eigenvalue weighted by molar-refractivity contribution is 5.79. The summed E-state index contributed by atoms with van der Waals surface area (Å²) in [6.07, 6.45) is 6.89. The molecule has 1 aliphatic heterocycles. The molecular formula is C17H21N5O2. The lowest BCUT2D eigenvalue weighted by Crippen LogP contribution is -2.43. The number of rotatable bonds is 4. The maximum Gasteiger partial charge on any atom is 0.268 e. The van der Waals surface area contributed by atoms with E-state index in [0.29, 0.717) is 13.1 Å². The van der Waals surface area contributed by atoms with Crippen LogP contribution in [0.4, 0.5) is 5.69 Å². The topological polar surface area (TPSA) is 80.1 Å². The summed E-state index contributed by atoms with van der Waals surface area (Å²) in [6.45, 7) is 1.95. The van der Waals surface area contributed by atoms with Crippen LogP contribution in [0.25, 0.3) is 0 Å². The van der Waals surface area contributed by atoms with Gasteiger partial charge in [0.2, 0.25) is 5.91 Å². The van der Waals surface area contributed by atoms with Crippen molar-refractivity contribution in [2.75, 3.05) is 18.0 Å². The molecular weight excluding hydrogens is 306 g/mol. The number of pyridine rings is 1. The van der Waals surface area contributed by atoms with Crippen LogP contribution in [-0.4, -0.2) is 33.8 Å². The first-order chi connectivity index (χ1) is 11.6. The van der Waals surface area contributed by atoms with E-state index in [1.807, 2.05) is 12.1 Å². The Hall–Kier alpha value is -2.70. The first-order valence-electron chi connectivity index (χ1n) is 8.08. The van der Waals surface area contributed by atoms with Crippen LogP contribution in [0.2, 0.25) is 0 Å². The van der Waals surface area contributed by atoms with Gasteiger partial charge in [0.25, 0.3) is 5.56 Å². The molecule has 0 aliphatic carbocycles. The molecule has 24 heavy (non-hydrogen) atoms. The molecule has 0 unspecified atom stereocenters. The first kappa shape index (κ1) is 16.2. The molecule has 126 valence electrons. The Morgan fingerprint density at radius 3 is 2.92 bits per heavy atom. The highest BCUT2D eigenvalue weighted by atomic mass is 16.2. The number of hydrogen-bond acceptors (Lipinski definition) is 5. The van der Waals surface area contributed by atoms with Gasteiger partial charge in [-0.15, -0.1) is 0 Å². The monoisotopic (exact) mass is 327 g/mol. The third-order valence-corrected chi connectivity index (χ3v) is 4.33. The average Bonchev–Trinajstić information content (AvgIpc) is 2.63. The number of hydrogen-bond donors (Lipinski definition) is 1. The molecule has 0 saturated carbocycles. The van der Waals surface area contributed by atoms with Crippen molar-refractivity contribution in [3.05, 3.63) is 52.7 Å². The minimum absolute atomic E-state index is 0.0494. The van der Waals surface area contributed by atoms with E-state index in [4.69, 9.17) is 0 Å². The number of nitrogens with zero attached hydrogens (tertiary/aromatic N) is 4. The molecule has 2 aromatic heterocycles. The first-order valence-corrected chi connectivity index (χ1v) is 8.08. The van der Waals surface area contributed by atoms with Gasteiger partial charge in [-0.25, -0.2) is 4.68 Å². The Kier molecular flexibility index (Phi) is 4.88. The zero-order valence-corrected chi connectivity index (χ0v) is 13.7. The molecule has 3 heterocycles. The van der Waals surface area contributed by atoms with E-state index in [1.165, 1.54) is 4.68 Å². The number of carbonyl (C=O) groups excluding carboxylic acids is 1. The quantitative estimate of drug-likeness (QED) is 0.894. The Balaban J connectivity index is 1.61. The van der Waals surface area contributed by atoms with Gasteiger partial charge in [0.1, 0.15) is 0 Å². The molecule has 0 spiro atoms. The second kappa shape index (κ2) is 7.25. The van der Waals surface area contributed by atoms with Crippen molar-refractivity contribution in [3.63, 3.8) is 0 Å². The summed E-state index contributed by atoms with van der Waals surface area (Å²) in [5, 5.41) is 7.04. The van der Waals surface area contributed by atoms with Crippen molar-refractivity contribution >= 4 is 11.6 Å². The number of nitrogens with one attached hydrogen (secondary N) is 1. The zero-order chi connectivity index (χ0) is 16.9. The second-order valence-corrected chi connectivity index (χ2v) is 6.03. The molecule has 1 amide bonds. The van der Waals surface area contributed by atoms with Crippen LogP contribution < -0.4 is 15.8 Å². The van der Waals surface area contributed by atoms with E-state index < -0.39 is 0 Å². The highest BCUT2D eigenvalue weighted by Gasteiger charge is 2.26. The summed E-state index contributed by atoms with van der Waals surface area (Å²) in [7, 11) is 1.62. The summed E-state index contributed by atoms with van der Waals surface area (Å²) < 4.78 is 1.30. The fraction of sp³-hybridized carbons (Fsp3) is 0.412. The molecule has 2 aromatic rings. The van der Waals surface area contributed by atoms with E-state index in [2.05, 4.69) is 20.3 Å². The van der Waals surface area contributed by atoms with Gasteiger partial charge in [0.15, 0.2) is 0 Å². The average molecular weight is 327 g/mol. The zero-order valence-electron chi connectivity index (χ0n) is 13.7. The SMILES string of the molecule is Cn1ncc(N2CCC[C@H](C(=O)NCc3ccncc3)C2)cc1=O. The maximum absolute atomic E-state index is 12.4. The van der Waals surface area contributed by atoms with E-state index in [-0.39, 0.29) is 17.4 Å². The Morgan fingerprint density at radius 2 is 2.17 bits per heavy atom. The number of aromatic nitrogens is 3. The number of carbonyl (C=O) groups is 1. The van der Waals surface area contributed by atoms with Crippen molar-refractivity contribution in [3.8, 4) is 0 Å². The molecule has 0 radical (unpaired) electrons. The van der Waals surface area contributed by atoms with E-state index in [0.717, 1.165) is 30.6 Å². The van der Waals surface area contributed by atoms with Gasteiger partial charge < -0.3 is 10.2 Å². The van der Waals surface area contributed by atoms with Gasteiger partial charge in [0.05, 0.1) is 17.8 Å². The summed E-state index contributed by atoms with van der Waals surface area (Å²) >= 11 is 0. The molecule has 1 aliphatic rings. The number of aryl methyl sites for hydroxylation is 1. The molecule has 7 nitrogen and oxygen atoms in total. The summed E-state index contributed by atoms with van der Waals surface area (Å²) in [5.41, 5.74) is 1.67. The molecule has 0 aromatic carbocycles. The van der Waals surface area contributed by atoms with Gasteiger partial charge in [-0.1, -0.05) is 0 Å². The van der Waals surface area contributed by atoms with Crippen LogP contribution in [0.15, 0.2) is 41.6 Å². The molecule has 3 rings (SSSR count).